The minimum Gasteiger partial charge on any atom is -0.346 e. The smallest absolute Gasteiger partial charge is 0.185 e. The van der Waals surface area contributed by atoms with Crippen LogP contribution in [-0.2, 0) is 0 Å². The SMILES string of the molecule is Cc1cnc(N2CCNCC2)s1. The van der Waals surface area contributed by atoms with Crippen LogP contribution in [0.4, 0.5) is 5.13 Å². The molecule has 2 rings (SSSR count). The van der Waals surface area contributed by atoms with Gasteiger partial charge in [-0.05, 0) is 6.92 Å². The molecule has 1 aliphatic rings. The van der Waals surface area contributed by atoms with Gasteiger partial charge in [-0.1, -0.05) is 0 Å². The number of thiazole rings is 1. The topological polar surface area (TPSA) is 28.2 Å². The highest BCUT2D eigenvalue weighted by atomic mass is 32.1. The average molecular weight is 183 g/mol. The zero-order valence-corrected chi connectivity index (χ0v) is 8.02. The fraction of sp³-hybridized carbons (Fsp3) is 0.625. The number of aryl methyl sites for hydroxylation is 1. The maximum Gasteiger partial charge on any atom is 0.185 e. The van der Waals surface area contributed by atoms with E-state index in [1.54, 1.807) is 11.3 Å². The number of aromatic nitrogens is 1. The summed E-state index contributed by atoms with van der Waals surface area (Å²) in [6, 6.07) is 0. The first-order valence-electron chi connectivity index (χ1n) is 4.24. The molecule has 2 heterocycles. The third-order valence-corrected chi connectivity index (χ3v) is 2.97. The highest BCUT2D eigenvalue weighted by Gasteiger charge is 2.12. The maximum absolute atomic E-state index is 4.36. The molecule has 0 aromatic carbocycles. The van der Waals surface area contributed by atoms with Gasteiger partial charge in [-0.3, -0.25) is 0 Å². The summed E-state index contributed by atoms with van der Waals surface area (Å²) in [5, 5.41) is 4.50. The predicted molar refractivity (Wildman–Crippen MR) is 51.9 cm³/mol. The van der Waals surface area contributed by atoms with Crippen molar-refractivity contribution < 1.29 is 0 Å². The summed E-state index contributed by atoms with van der Waals surface area (Å²) in [5.74, 6) is 0. The van der Waals surface area contributed by atoms with E-state index >= 15 is 0 Å². The Morgan fingerprint density at radius 3 is 2.83 bits per heavy atom. The van der Waals surface area contributed by atoms with Crippen molar-refractivity contribution in [3.05, 3.63) is 11.1 Å². The Bertz CT molecular complexity index is 253. The van der Waals surface area contributed by atoms with Crippen molar-refractivity contribution >= 4 is 16.5 Å². The van der Waals surface area contributed by atoms with Gasteiger partial charge in [-0.15, -0.1) is 11.3 Å². The van der Waals surface area contributed by atoms with Crippen LogP contribution in [0.3, 0.4) is 0 Å². The summed E-state index contributed by atoms with van der Waals surface area (Å²) in [7, 11) is 0. The number of piperazine rings is 1. The lowest BCUT2D eigenvalue weighted by molar-refractivity contribution is 0.588. The summed E-state index contributed by atoms with van der Waals surface area (Å²) >= 11 is 1.78. The first kappa shape index (κ1) is 8.01. The Kier molecular flexibility index (Phi) is 2.28. The zero-order valence-electron chi connectivity index (χ0n) is 7.21. The zero-order chi connectivity index (χ0) is 8.39. The molecule has 0 unspecified atom stereocenters. The number of nitrogens with one attached hydrogen (secondary N) is 1. The molecule has 0 bridgehead atoms. The van der Waals surface area contributed by atoms with Crippen molar-refractivity contribution in [2.45, 2.75) is 6.92 Å². The van der Waals surface area contributed by atoms with Gasteiger partial charge in [0, 0.05) is 37.3 Å². The predicted octanol–water partition coefficient (Wildman–Crippen LogP) is 0.861. The number of hydrogen-bond donors (Lipinski definition) is 1. The van der Waals surface area contributed by atoms with Crippen molar-refractivity contribution in [2.24, 2.45) is 0 Å². The van der Waals surface area contributed by atoms with E-state index in [2.05, 4.69) is 22.1 Å². The van der Waals surface area contributed by atoms with Crippen LogP contribution < -0.4 is 10.2 Å². The van der Waals surface area contributed by atoms with Crippen LogP contribution in [0, 0.1) is 6.92 Å². The van der Waals surface area contributed by atoms with Gasteiger partial charge in [0.1, 0.15) is 0 Å². The van der Waals surface area contributed by atoms with Gasteiger partial charge in [0.05, 0.1) is 0 Å². The molecule has 1 N–H and O–H groups in total. The number of rotatable bonds is 1. The molecule has 0 spiro atoms. The Labute approximate surface area is 76.4 Å². The maximum atomic E-state index is 4.36. The average Bonchev–Trinajstić information content (AvgIpc) is 2.54. The van der Waals surface area contributed by atoms with E-state index < -0.39 is 0 Å². The normalized spacial score (nSPS) is 18.2. The summed E-state index contributed by atoms with van der Waals surface area (Å²) in [6.07, 6.45) is 1.95. The molecule has 0 amide bonds. The van der Waals surface area contributed by atoms with Gasteiger partial charge in [0.25, 0.3) is 0 Å². The van der Waals surface area contributed by atoms with Crippen LogP contribution >= 0.6 is 11.3 Å². The summed E-state index contributed by atoms with van der Waals surface area (Å²) in [6.45, 7) is 6.44. The first-order chi connectivity index (χ1) is 5.86. The summed E-state index contributed by atoms with van der Waals surface area (Å²) < 4.78 is 0. The van der Waals surface area contributed by atoms with E-state index in [1.165, 1.54) is 10.0 Å². The van der Waals surface area contributed by atoms with Gasteiger partial charge in [-0.25, -0.2) is 4.98 Å². The largest absolute Gasteiger partial charge is 0.346 e. The second kappa shape index (κ2) is 3.41. The standard InChI is InChI=1S/C8H13N3S/c1-7-6-10-8(12-7)11-4-2-9-3-5-11/h6,9H,2-5H2,1H3. The third kappa shape index (κ3) is 1.59. The highest BCUT2D eigenvalue weighted by molar-refractivity contribution is 7.15. The van der Waals surface area contributed by atoms with Crippen molar-refractivity contribution in [3.8, 4) is 0 Å². The van der Waals surface area contributed by atoms with Crippen molar-refractivity contribution in [1.82, 2.24) is 10.3 Å². The second-order valence-corrected chi connectivity index (χ2v) is 4.20. The quantitative estimate of drug-likeness (QED) is 0.700. The summed E-state index contributed by atoms with van der Waals surface area (Å²) in [4.78, 5) is 7.99. The van der Waals surface area contributed by atoms with E-state index in [1.807, 2.05) is 6.20 Å². The highest BCUT2D eigenvalue weighted by Crippen LogP contribution is 2.21. The van der Waals surface area contributed by atoms with Crippen molar-refractivity contribution in [1.29, 1.82) is 0 Å². The van der Waals surface area contributed by atoms with E-state index in [0.29, 0.717) is 0 Å². The fourth-order valence-electron chi connectivity index (χ4n) is 1.35. The Morgan fingerprint density at radius 2 is 2.25 bits per heavy atom. The molecular weight excluding hydrogens is 170 g/mol. The fourth-order valence-corrected chi connectivity index (χ4v) is 2.16. The van der Waals surface area contributed by atoms with Crippen LogP contribution in [0.15, 0.2) is 6.20 Å². The monoisotopic (exact) mass is 183 g/mol. The van der Waals surface area contributed by atoms with Gasteiger partial charge >= 0.3 is 0 Å². The van der Waals surface area contributed by atoms with E-state index in [-0.39, 0.29) is 0 Å². The van der Waals surface area contributed by atoms with Crippen molar-refractivity contribution in [3.63, 3.8) is 0 Å². The molecule has 0 saturated carbocycles. The van der Waals surface area contributed by atoms with Crippen LogP contribution in [0.2, 0.25) is 0 Å². The number of nitrogens with zero attached hydrogens (tertiary/aromatic N) is 2. The second-order valence-electron chi connectivity index (χ2n) is 2.99. The van der Waals surface area contributed by atoms with Gasteiger partial charge in [0.15, 0.2) is 5.13 Å². The Morgan fingerprint density at radius 1 is 1.50 bits per heavy atom. The molecule has 66 valence electrons. The molecule has 1 aromatic heterocycles. The molecule has 1 saturated heterocycles. The van der Waals surface area contributed by atoms with Gasteiger partial charge in [0.2, 0.25) is 0 Å². The molecule has 12 heavy (non-hydrogen) atoms. The molecule has 1 fully saturated rings. The number of hydrogen-bond acceptors (Lipinski definition) is 4. The molecular formula is C8H13N3S. The van der Waals surface area contributed by atoms with Crippen LogP contribution in [-0.4, -0.2) is 31.2 Å². The third-order valence-electron chi connectivity index (χ3n) is 2.00. The minimum absolute atomic E-state index is 1.08. The van der Waals surface area contributed by atoms with Crippen LogP contribution in [0.25, 0.3) is 0 Å². The Hall–Kier alpha value is -0.610. The van der Waals surface area contributed by atoms with Crippen molar-refractivity contribution in [2.75, 3.05) is 31.1 Å². The summed E-state index contributed by atoms with van der Waals surface area (Å²) in [5.41, 5.74) is 0. The van der Waals surface area contributed by atoms with Crippen LogP contribution in [0.1, 0.15) is 4.88 Å². The first-order valence-corrected chi connectivity index (χ1v) is 5.06. The molecule has 3 nitrogen and oxygen atoms in total. The lowest BCUT2D eigenvalue weighted by atomic mass is 10.4. The van der Waals surface area contributed by atoms with Gasteiger partial charge < -0.3 is 10.2 Å². The van der Waals surface area contributed by atoms with Crippen LogP contribution in [0.5, 0.6) is 0 Å². The molecule has 0 radical (unpaired) electrons. The number of anilines is 1. The molecule has 0 atom stereocenters. The molecule has 1 aromatic rings. The molecule has 4 heteroatoms. The van der Waals surface area contributed by atoms with E-state index in [0.717, 1.165) is 26.2 Å². The van der Waals surface area contributed by atoms with E-state index in [9.17, 15) is 0 Å². The van der Waals surface area contributed by atoms with Gasteiger partial charge in [-0.2, -0.15) is 0 Å². The lowest BCUT2D eigenvalue weighted by Gasteiger charge is -2.26. The molecule has 0 aliphatic carbocycles. The minimum atomic E-state index is 1.08. The lowest BCUT2D eigenvalue weighted by Crippen LogP contribution is -2.43. The Balaban J connectivity index is 2.08. The van der Waals surface area contributed by atoms with E-state index in [4.69, 9.17) is 0 Å². The molecule has 1 aliphatic heterocycles.